The van der Waals surface area contributed by atoms with Crippen LogP contribution in [0.5, 0.6) is 5.75 Å². The molecule has 1 heterocycles. The van der Waals surface area contributed by atoms with Crippen molar-refractivity contribution in [2.45, 2.75) is 13.3 Å². The predicted molar refractivity (Wildman–Crippen MR) is 74.8 cm³/mol. The summed E-state index contributed by atoms with van der Waals surface area (Å²) in [6.07, 6.45) is 2.74. The molecule has 0 atom stereocenters. The summed E-state index contributed by atoms with van der Waals surface area (Å²) in [5.74, 6) is 2.19. The molecule has 0 radical (unpaired) electrons. The van der Waals surface area contributed by atoms with Gasteiger partial charge >= 0.3 is 0 Å². The number of ether oxygens (including phenoxy) is 2. The lowest BCUT2D eigenvalue weighted by molar-refractivity contribution is 0.205. The SMILES string of the molecule is CCCOc1cccnc1N(CCCl)CCOC. The minimum Gasteiger partial charge on any atom is -0.490 e. The Bertz CT molecular complexity index is 337. The highest BCUT2D eigenvalue weighted by molar-refractivity contribution is 6.18. The number of hydrogen-bond donors (Lipinski definition) is 0. The average Bonchev–Trinajstić information content (AvgIpc) is 2.41. The molecular weight excluding hydrogens is 252 g/mol. The quantitative estimate of drug-likeness (QED) is 0.647. The lowest BCUT2D eigenvalue weighted by atomic mass is 10.3. The highest BCUT2D eigenvalue weighted by Gasteiger charge is 2.12. The number of alkyl halides is 1. The van der Waals surface area contributed by atoms with E-state index in [1.165, 1.54) is 0 Å². The monoisotopic (exact) mass is 272 g/mol. The Morgan fingerprint density at radius 1 is 1.33 bits per heavy atom. The molecule has 0 saturated carbocycles. The molecule has 1 rings (SSSR count). The fourth-order valence-electron chi connectivity index (χ4n) is 1.57. The molecule has 102 valence electrons. The predicted octanol–water partition coefficient (Wildman–Crippen LogP) is 2.56. The molecule has 0 aromatic carbocycles. The molecule has 0 fully saturated rings. The van der Waals surface area contributed by atoms with E-state index in [1.54, 1.807) is 13.3 Å². The summed E-state index contributed by atoms with van der Waals surface area (Å²) >= 11 is 5.83. The number of pyridine rings is 1. The van der Waals surface area contributed by atoms with Crippen molar-refractivity contribution in [3.8, 4) is 5.75 Å². The Morgan fingerprint density at radius 3 is 2.83 bits per heavy atom. The molecule has 1 aromatic heterocycles. The van der Waals surface area contributed by atoms with E-state index in [2.05, 4.69) is 16.8 Å². The first kappa shape index (κ1) is 15.1. The van der Waals surface area contributed by atoms with Crippen LogP contribution in [0.3, 0.4) is 0 Å². The standard InChI is InChI=1S/C13H21ClN2O2/c1-3-10-18-12-5-4-7-15-13(12)16(8-6-14)9-11-17-2/h4-5,7H,3,6,8-11H2,1-2H3. The van der Waals surface area contributed by atoms with E-state index >= 15 is 0 Å². The summed E-state index contributed by atoms with van der Waals surface area (Å²) in [4.78, 5) is 6.47. The van der Waals surface area contributed by atoms with Gasteiger partial charge < -0.3 is 14.4 Å². The van der Waals surface area contributed by atoms with Gasteiger partial charge in [-0.25, -0.2) is 4.98 Å². The van der Waals surface area contributed by atoms with Crippen LogP contribution in [-0.2, 0) is 4.74 Å². The first-order valence-electron chi connectivity index (χ1n) is 6.21. The molecule has 18 heavy (non-hydrogen) atoms. The van der Waals surface area contributed by atoms with E-state index in [9.17, 15) is 0 Å². The third-order valence-electron chi connectivity index (χ3n) is 2.43. The Kier molecular flexibility index (Phi) is 7.53. The third kappa shape index (κ3) is 4.70. The van der Waals surface area contributed by atoms with E-state index in [0.717, 1.165) is 31.1 Å². The van der Waals surface area contributed by atoms with Crippen molar-refractivity contribution in [3.05, 3.63) is 18.3 Å². The lowest BCUT2D eigenvalue weighted by Gasteiger charge is -2.24. The summed E-state index contributed by atoms with van der Waals surface area (Å²) in [6.45, 7) is 4.89. The lowest BCUT2D eigenvalue weighted by Crippen LogP contribution is -2.30. The Balaban J connectivity index is 2.80. The van der Waals surface area contributed by atoms with Crippen LogP contribution in [0.4, 0.5) is 5.82 Å². The second-order valence-electron chi connectivity index (χ2n) is 3.84. The fourth-order valence-corrected chi connectivity index (χ4v) is 1.78. The maximum Gasteiger partial charge on any atom is 0.171 e. The molecule has 0 aliphatic rings. The van der Waals surface area contributed by atoms with Gasteiger partial charge in [-0.05, 0) is 18.6 Å². The summed E-state index contributed by atoms with van der Waals surface area (Å²) in [7, 11) is 1.69. The second-order valence-corrected chi connectivity index (χ2v) is 4.22. The maximum atomic E-state index is 5.83. The maximum absolute atomic E-state index is 5.83. The zero-order valence-electron chi connectivity index (χ0n) is 11.1. The van der Waals surface area contributed by atoms with Gasteiger partial charge in [0.2, 0.25) is 0 Å². The van der Waals surface area contributed by atoms with E-state index in [1.807, 2.05) is 12.1 Å². The summed E-state index contributed by atoms with van der Waals surface area (Å²) in [5.41, 5.74) is 0. The van der Waals surface area contributed by atoms with Crippen molar-refractivity contribution in [1.29, 1.82) is 0 Å². The van der Waals surface area contributed by atoms with Gasteiger partial charge in [0.15, 0.2) is 11.6 Å². The minimum absolute atomic E-state index is 0.549. The molecule has 0 unspecified atom stereocenters. The average molecular weight is 273 g/mol. The number of anilines is 1. The van der Waals surface area contributed by atoms with Crippen LogP contribution in [0, 0.1) is 0 Å². The Labute approximate surface area is 114 Å². The second kappa shape index (κ2) is 9.00. The molecule has 0 saturated heterocycles. The zero-order valence-corrected chi connectivity index (χ0v) is 11.8. The van der Waals surface area contributed by atoms with Gasteiger partial charge in [0.05, 0.1) is 13.2 Å². The van der Waals surface area contributed by atoms with Gasteiger partial charge in [-0.3, -0.25) is 0 Å². The van der Waals surface area contributed by atoms with Crippen molar-refractivity contribution < 1.29 is 9.47 Å². The molecule has 0 aliphatic heterocycles. The van der Waals surface area contributed by atoms with Gasteiger partial charge in [-0.15, -0.1) is 11.6 Å². The van der Waals surface area contributed by atoms with Crippen molar-refractivity contribution in [2.24, 2.45) is 0 Å². The zero-order chi connectivity index (χ0) is 13.2. The molecular formula is C13H21ClN2O2. The first-order valence-corrected chi connectivity index (χ1v) is 6.74. The first-order chi connectivity index (χ1) is 8.83. The number of rotatable bonds is 9. The normalized spacial score (nSPS) is 10.4. The number of nitrogens with zero attached hydrogens (tertiary/aromatic N) is 2. The van der Waals surface area contributed by atoms with Gasteiger partial charge in [-0.2, -0.15) is 0 Å². The molecule has 0 amide bonds. The van der Waals surface area contributed by atoms with Gasteiger partial charge in [0, 0.05) is 32.3 Å². The van der Waals surface area contributed by atoms with Crippen molar-refractivity contribution in [2.75, 3.05) is 44.2 Å². The fraction of sp³-hybridized carbons (Fsp3) is 0.615. The molecule has 0 N–H and O–H groups in total. The van der Waals surface area contributed by atoms with Crippen LogP contribution in [0.25, 0.3) is 0 Å². The highest BCUT2D eigenvalue weighted by atomic mass is 35.5. The van der Waals surface area contributed by atoms with E-state index in [-0.39, 0.29) is 0 Å². The van der Waals surface area contributed by atoms with E-state index in [4.69, 9.17) is 21.1 Å². The van der Waals surface area contributed by atoms with Crippen molar-refractivity contribution >= 4 is 17.4 Å². The van der Waals surface area contributed by atoms with Gasteiger partial charge in [0.1, 0.15) is 0 Å². The molecule has 0 spiro atoms. The smallest absolute Gasteiger partial charge is 0.171 e. The van der Waals surface area contributed by atoms with Crippen LogP contribution >= 0.6 is 11.6 Å². The summed E-state index contributed by atoms with van der Waals surface area (Å²) in [5, 5.41) is 0. The van der Waals surface area contributed by atoms with Crippen molar-refractivity contribution in [3.63, 3.8) is 0 Å². The van der Waals surface area contributed by atoms with Crippen LogP contribution in [0.2, 0.25) is 0 Å². The molecule has 5 heteroatoms. The molecule has 1 aromatic rings. The summed E-state index contributed by atoms with van der Waals surface area (Å²) < 4.78 is 10.8. The number of methoxy groups -OCH3 is 1. The van der Waals surface area contributed by atoms with Crippen LogP contribution in [0.1, 0.15) is 13.3 Å². The molecule has 0 aliphatic carbocycles. The van der Waals surface area contributed by atoms with Crippen LogP contribution in [0.15, 0.2) is 18.3 Å². The highest BCUT2D eigenvalue weighted by Crippen LogP contribution is 2.25. The van der Waals surface area contributed by atoms with Crippen LogP contribution < -0.4 is 9.64 Å². The van der Waals surface area contributed by atoms with E-state index < -0.39 is 0 Å². The van der Waals surface area contributed by atoms with Gasteiger partial charge in [0.25, 0.3) is 0 Å². The number of hydrogen-bond acceptors (Lipinski definition) is 4. The van der Waals surface area contributed by atoms with E-state index in [0.29, 0.717) is 19.1 Å². The Hall–Kier alpha value is -1.00. The Morgan fingerprint density at radius 2 is 2.17 bits per heavy atom. The topological polar surface area (TPSA) is 34.6 Å². The summed E-state index contributed by atoms with van der Waals surface area (Å²) in [6, 6.07) is 3.82. The van der Waals surface area contributed by atoms with Crippen molar-refractivity contribution in [1.82, 2.24) is 4.98 Å². The number of aromatic nitrogens is 1. The number of halogens is 1. The largest absolute Gasteiger partial charge is 0.490 e. The van der Waals surface area contributed by atoms with Gasteiger partial charge in [-0.1, -0.05) is 6.92 Å². The van der Waals surface area contributed by atoms with Crippen LogP contribution in [-0.4, -0.2) is 44.3 Å². The third-order valence-corrected chi connectivity index (χ3v) is 2.60. The minimum atomic E-state index is 0.549. The molecule has 4 nitrogen and oxygen atoms in total. The molecule has 0 bridgehead atoms.